The Morgan fingerprint density at radius 3 is 2.82 bits per heavy atom. The number of rotatable bonds is 2. The first kappa shape index (κ1) is 11.6. The number of aromatic nitrogens is 2. The molecule has 92 valence electrons. The van der Waals surface area contributed by atoms with Crippen molar-refractivity contribution >= 4 is 5.91 Å². The second kappa shape index (κ2) is 4.96. The van der Waals surface area contributed by atoms with E-state index < -0.39 is 11.2 Å². The van der Waals surface area contributed by atoms with Crippen molar-refractivity contribution < 1.29 is 9.63 Å². The molecule has 0 unspecified atom stereocenters. The summed E-state index contributed by atoms with van der Waals surface area (Å²) in [6, 6.07) is 1.20. The van der Waals surface area contributed by atoms with Gasteiger partial charge in [-0.1, -0.05) is 0 Å². The van der Waals surface area contributed by atoms with Crippen LogP contribution < -0.4 is 11.2 Å². The number of carbonyl (C=O) groups is 1. The van der Waals surface area contributed by atoms with E-state index in [0.717, 1.165) is 12.8 Å². The van der Waals surface area contributed by atoms with Gasteiger partial charge >= 0.3 is 5.69 Å². The molecule has 1 amide bonds. The predicted octanol–water partition coefficient (Wildman–Crippen LogP) is -0.840. The summed E-state index contributed by atoms with van der Waals surface area (Å²) in [6.07, 6.45) is 1.79. The Balaban J connectivity index is 2.07. The highest BCUT2D eigenvalue weighted by Gasteiger charge is 2.18. The van der Waals surface area contributed by atoms with E-state index in [4.69, 9.17) is 4.84 Å². The van der Waals surface area contributed by atoms with Gasteiger partial charge in [-0.25, -0.2) is 9.86 Å². The summed E-state index contributed by atoms with van der Waals surface area (Å²) < 4.78 is 0. The highest BCUT2D eigenvalue weighted by molar-refractivity contribution is 5.77. The molecule has 1 aliphatic heterocycles. The first-order valence-corrected chi connectivity index (χ1v) is 5.41. The lowest BCUT2D eigenvalue weighted by Crippen LogP contribution is -2.37. The highest BCUT2D eigenvalue weighted by atomic mass is 16.7. The van der Waals surface area contributed by atoms with Crippen LogP contribution in [0, 0.1) is 0 Å². The fourth-order valence-corrected chi connectivity index (χ4v) is 1.66. The quantitative estimate of drug-likeness (QED) is 0.703. The van der Waals surface area contributed by atoms with Crippen LogP contribution in [-0.4, -0.2) is 34.1 Å². The maximum atomic E-state index is 11.8. The standard InChI is InChI=1S/C10H13N3O4/c14-8-5-7(11-10(16)12-8)6-9(15)13-3-1-2-4-17-13/h5H,1-4,6H2,(H2,11,12,14,16). The van der Waals surface area contributed by atoms with E-state index in [2.05, 4.69) is 4.98 Å². The van der Waals surface area contributed by atoms with Crippen molar-refractivity contribution in [3.8, 4) is 0 Å². The van der Waals surface area contributed by atoms with Crippen LogP contribution in [0.1, 0.15) is 18.5 Å². The highest BCUT2D eigenvalue weighted by Crippen LogP contribution is 2.07. The number of aromatic amines is 2. The Labute approximate surface area is 96.4 Å². The van der Waals surface area contributed by atoms with Gasteiger partial charge in [0.15, 0.2) is 0 Å². The molecule has 0 radical (unpaired) electrons. The Bertz CT molecular complexity index is 485. The van der Waals surface area contributed by atoms with Crippen molar-refractivity contribution in [2.75, 3.05) is 13.2 Å². The zero-order valence-corrected chi connectivity index (χ0v) is 9.19. The summed E-state index contributed by atoms with van der Waals surface area (Å²) in [5, 5.41) is 1.28. The molecule has 0 saturated carbocycles. The van der Waals surface area contributed by atoms with Gasteiger partial charge in [0.25, 0.3) is 11.5 Å². The average molecular weight is 239 g/mol. The number of H-pyrrole nitrogens is 2. The fourth-order valence-electron chi connectivity index (χ4n) is 1.66. The average Bonchev–Trinajstić information content (AvgIpc) is 2.28. The number of hydrogen-bond acceptors (Lipinski definition) is 4. The molecule has 2 N–H and O–H groups in total. The zero-order chi connectivity index (χ0) is 12.3. The molecule has 2 heterocycles. The molecule has 1 aromatic rings. The summed E-state index contributed by atoms with van der Waals surface area (Å²) in [6.45, 7) is 1.07. The molecule has 2 rings (SSSR count). The summed E-state index contributed by atoms with van der Waals surface area (Å²) in [5.74, 6) is -0.258. The summed E-state index contributed by atoms with van der Waals surface area (Å²) >= 11 is 0. The predicted molar refractivity (Wildman–Crippen MR) is 58.3 cm³/mol. The van der Waals surface area contributed by atoms with Crippen LogP contribution in [0.15, 0.2) is 15.7 Å². The van der Waals surface area contributed by atoms with E-state index >= 15 is 0 Å². The normalized spacial score (nSPS) is 15.9. The minimum atomic E-state index is -0.611. The summed E-state index contributed by atoms with van der Waals surface area (Å²) in [4.78, 5) is 43.4. The number of carbonyl (C=O) groups excluding carboxylic acids is 1. The van der Waals surface area contributed by atoms with Crippen LogP contribution in [0.2, 0.25) is 0 Å². The van der Waals surface area contributed by atoms with Crippen LogP contribution in [0.3, 0.4) is 0 Å². The maximum Gasteiger partial charge on any atom is 0.325 e. The minimum absolute atomic E-state index is 0.0425. The fraction of sp³-hybridized carbons (Fsp3) is 0.500. The van der Waals surface area contributed by atoms with Crippen LogP contribution in [0.5, 0.6) is 0 Å². The number of hydroxylamine groups is 2. The van der Waals surface area contributed by atoms with Crippen LogP contribution in [0.4, 0.5) is 0 Å². The Morgan fingerprint density at radius 1 is 1.35 bits per heavy atom. The molecule has 7 nitrogen and oxygen atoms in total. The second-order valence-corrected chi connectivity index (χ2v) is 3.83. The number of nitrogens with zero attached hydrogens (tertiary/aromatic N) is 1. The van der Waals surface area contributed by atoms with Crippen molar-refractivity contribution in [3.63, 3.8) is 0 Å². The van der Waals surface area contributed by atoms with Crippen LogP contribution >= 0.6 is 0 Å². The third-order valence-corrected chi connectivity index (χ3v) is 2.44. The molecule has 7 heteroatoms. The Kier molecular flexibility index (Phi) is 3.38. The van der Waals surface area contributed by atoms with E-state index in [1.807, 2.05) is 4.98 Å². The largest absolute Gasteiger partial charge is 0.325 e. The van der Waals surface area contributed by atoms with Crippen LogP contribution in [-0.2, 0) is 16.1 Å². The summed E-state index contributed by atoms with van der Waals surface area (Å²) in [5.41, 5.74) is -0.839. The van der Waals surface area contributed by atoms with Gasteiger partial charge in [-0.15, -0.1) is 0 Å². The van der Waals surface area contributed by atoms with Crippen molar-refractivity contribution in [3.05, 3.63) is 32.6 Å². The topological polar surface area (TPSA) is 95.3 Å². The molecule has 1 aromatic heterocycles. The zero-order valence-electron chi connectivity index (χ0n) is 9.19. The Morgan fingerprint density at radius 2 is 2.18 bits per heavy atom. The van der Waals surface area contributed by atoms with Gasteiger partial charge in [-0.3, -0.25) is 19.4 Å². The molecule has 0 spiro atoms. The number of hydrogen-bond donors (Lipinski definition) is 2. The van der Waals surface area contributed by atoms with E-state index in [-0.39, 0.29) is 18.0 Å². The molecule has 0 aliphatic carbocycles. The van der Waals surface area contributed by atoms with Gasteiger partial charge in [0.1, 0.15) is 0 Å². The maximum absolute atomic E-state index is 11.8. The van der Waals surface area contributed by atoms with Gasteiger partial charge < -0.3 is 4.98 Å². The number of amides is 1. The van der Waals surface area contributed by atoms with E-state index in [1.54, 1.807) is 0 Å². The van der Waals surface area contributed by atoms with E-state index in [1.165, 1.54) is 11.1 Å². The molecule has 0 aromatic carbocycles. The molecule has 0 atom stereocenters. The Hall–Kier alpha value is -1.89. The molecular weight excluding hydrogens is 226 g/mol. The lowest BCUT2D eigenvalue weighted by Gasteiger charge is -2.25. The summed E-state index contributed by atoms with van der Waals surface area (Å²) in [7, 11) is 0. The molecule has 0 bridgehead atoms. The van der Waals surface area contributed by atoms with Gasteiger partial charge in [0, 0.05) is 18.3 Å². The first-order chi connectivity index (χ1) is 8.15. The van der Waals surface area contributed by atoms with Crippen molar-refractivity contribution in [1.29, 1.82) is 0 Å². The SMILES string of the molecule is O=C(Cc1cc(=O)[nH]c(=O)[nH]1)N1CCCCO1. The smallest absolute Gasteiger partial charge is 0.311 e. The minimum Gasteiger partial charge on any atom is -0.311 e. The molecule has 1 saturated heterocycles. The third kappa shape index (κ3) is 3.04. The molecule has 17 heavy (non-hydrogen) atoms. The van der Waals surface area contributed by atoms with Gasteiger partial charge in [-0.05, 0) is 12.8 Å². The lowest BCUT2D eigenvalue weighted by atomic mass is 10.2. The lowest BCUT2D eigenvalue weighted by molar-refractivity contribution is -0.196. The monoisotopic (exact) mass is 239 g/mol. The molecule has 1 fully saturated rings. The van der Waals surface area contributed by atoms with Gasteiger partial charge in [-0.2, -0.15) is 0 Å². The third-order valence-electron chi connectivity index (χ3n) is 2.44. The van der Waals surface area contributed by atoms with Crippen molar-refractivity contribution in [2.24, 2.45) is 0 Å². The van der Waals surface area contributed by atoms with Crippen molar-refractivity contribution in [1.82, 2.24) is 15.0 Å². The van der Waals surface area contributed by atoms with Gasteiger partial charge in [0.2, 0.25) is 0 Å². The van der Waals surface area contributed by atoms with Gasteiger partial charge in [0.05, 0.1) is 13.0 Å². The number of nitrogens with one attached hydrogen (secondary N) is 2. The van der Waals surface area contributed by atoms with E-state index in [0.29, 0.717) is 13.2 Å². The molecular formula is C10H13N3O4. The van der Waals surface area contributed by atoms with Crippen LogP contribution in [0.25, 0.3) is 0 Å². The van der Waals surface area contributed by atoms with Crippen molar-refractivity contribution in [2.45, 2.75) is 19.3 Å². The van der Waals surface area contributed by atoms with E-state index in [9.17, 15) is 14.4 Å². The first-order valence-electron chi connectivity index (χ1n) is 5.41. The second-order valence-electron chi connectivity index (χ2n) is 3.83. The molecule has 1 aliphatic rings.